The van der Waals surface area contributed by atoms with E-state index in [1.165, 1.54) is 30.5 Å². The molecule has 1 heterocycles. The Kier molecular flexibility index (Phi) is 3.46. The zero-order valence-corrected chi connectivity index (χ0v) is 10.1. The SMILES string of the molecule is Cc1cc(=O)[nH]c(NN=Cc2ccc(O)cc2O)n1. The van der Waals surface area contributed by atoms with Gasteiger partial charge in [-0.3, -0.25) is 9.78 Å². The van der Waals surface area contributed by atoms with E-state index < -0.39 is 0 Å². The molecule has 0 aliphatic carbocycles. The maximum Gasteiger partial charge on any atom is 0.252 e. The van der Waals surface area contributed by atoms with Gasteiger partial charge in [0.2, 0.25) is 5.95 Å². The van der Waals surface area contributed by atoms with Crippen LogP contribution < -0.4 is 11.0 Å². The molecule has 0 amide bonds. The zero-order valence-electron chi connectivity index (χ0n) is 10.1. The minimum absolute atomic E-state index is 0.0349. The lowest BCUT2D eigenvalue weighted by molar-refractivity contribution is 0.450. The molecular weight excluding hydrogens is 248 g/mol. The summed E-state index contributed by atoms with van der Waals surface area (Å²) in [6.07, 6.45) is 1.34. The maximum atomic E-state index is 11.2. The molecule has 7 nitrogen and oxygen atoms in total. The average molecular weight is 260 g/mol. The van der Waals surface area contributed by atoms with E-state index in [0.717, 1.165) is 0 Å². The summed E-state index contributed by atoms with van der Waals surface area (Å²) in [4.78, 5) is 17.7. The van der Waals surface area contributed by atoms with Crippen LogP contribution in [0.25, 0.3) is 0 Å². The minimum atomic E-state index is -0.280. The molecule has 0 saturated heterocycles. The first-order valence-corrected chi connectivity index (χ1v) is 5.43. The number of aromatic hydroxyl groups is 2. The Labute approximate surface area is 108 Å². The number of hydrogen-bond donors (Lipinski definition) is 4. The number of nitrogens with one attached hydrogen (secondary N) is 2. The van der Waals surface area contributed by atoms with Gasteiger partial charge >= 0.3 is 0 Å². The molecule has 19 heavy (non-hydrogen) atoms. The fourth-order valence-electron chi connectivity index (χ4n) is 1.44. The highest BCUT2D eigenvalue weighted by Gasteiger charge is 1.99. The average Bonchev–Trinajstić information content (AvgIpc) is 2.30. The molecule has 2 aromatic rings. The van der Waals surface area contributed by atoms with E-state index >= 15 is 0 Å². The van der Waals surface area contributed by atoms with Crippen molar-refractivity contribution in [2.24, 2.45) is 5.10 Å². The van der Waals surface area contributed by atoms with Crippen molar-refractivity contribution in [3.05, 3.63) is 45.9 Å². The van der Waals surface area contributed by atoms with Crippen LogP contribution in [0, 0.1) is 6.92 Å². The summed E-state index contributed by atoms with van der Waals surface area (Å²) < 4.78 is 0. The standard InChI is InChI=1S/C12H12N4O3/c1-7-4-11(19)15-12(14-7)16-13-6-8-2-3-9(17)5-10(8)18/h2-6,17-18H,1H3,(H2,14,15,16,19). The molecule has 7 heteroatoms. The number of hydrazone groups is 1. The number of phenolic OH excluding ortho intramolecular Hbond substituents is 2. The van der Waals surface area contributed by atoms with Crippen LogP contribution in [0.5, 0.6) is 11.5 Å². The monoisotopic (exact) mass is 260 g/mol. The third-order valence-electron chi connectivity index (χ3n) is 2.26. The summed E-state index contributed by atoms with van der Waals surface area (Å²) in [6.45, 7) is 1.69. The molecule has 0 atom stereocenters. The Morgan fingerprint density at radius 2 is 2.16 bits per heavy atom. The van der Waals surface area contributed by atoms with Crippen LogP contribution >= 0.6 is 0 Å². The molecule has 0 unspecified atom stereocenters. The van der Waals surface area contributed by atoms with E-state index in [-0.39, 0.29) is 23.0 Å². The van der Waals surface area contributed by atoms with Crippen molar-refractivity contribution < 1.29 is 10.2 Å². The van der Waals surface area contributed by atoms with Gasteiger partial charge in [0.05, 0.1) is 6.21 Å². The summed E-state index contributed by atoms with van der Waals surface area (Å²) in [6, 6.07) is 5.49. The highest BCUT2D eigenvalue weighted by Crippen LogP contribution is 2.20. The first kappa shape index (κ1) is 12.6. The van der Waals surface area contributed by atoms with Gasteiger partial charge in [0.25, 0.3) is 5.56 Å². The number of aryl methyl sites for hydroxylation is 1. The van der Waals surface area contributed by atoms with E-state index in [9.17, 15) is 9.90 Å². The number of benzene rings is 1. The number of hydrogen-bond acceptors (Lipinski definition) is 6. The summed E-state index contributed by atoms with van der Waals surface area (Å²) in [7, 11) is 0. The van der Waals surface area contributed by atoms with Crippen molar-refractivity contribution in [2.75, 3.05) is 5.43 Å². The molecule has 0 aliphatic rings. The first-order valence-electron chi connectivity index (χ1n) is 5.43. The van der Waals surface area contributed by atoms with E-state index in [2.05, 4.69) is 20.5 Å². The highest BCUT2D eigenvalue weighted by atomic mass is 16.3. The molecule has 0 aliphatic heterocycles. The van der Waals surface area contributed by atoms with Gasteiger partial charge in [0.1, 0.15) is 11.5 Å². The van der Waals surface area contributed by atoms with Crippen molar-refractivity contribution in [3.8, 4) is 11.5 Å². The number of phenols is 2. The Hall–Kier alpha value is -2.83. The van der Waals surface area contributed by atoms with Crippen LogP contribution in [0.1, 0.15) is 11.3 Å². The number of H-pyrrole nitrogens is 1. The number of anilines is 1. The molecule has 0 bridgehead atoms. The second-order valence-electron chi connectivity index (χ2n) is 3.85. The molecule has 0 fully saturated rings. The first-order chi connectivity index (χ1) is 9.04. The smallest absolute Gasteiger partial charge is 0.252 e. The summed E-state index contributed by atoms with van der Waals surface area (Å²) in [5, 5.41) is 22.5. The minimum Gasteiger partial charge on any atom is -0.508 e. The fourth-order valence-corrected chi connectivity index (χ4v) is 1.44. The Bertz CT molecular complexity index is 679. The molecular formula is C12H12N4O3. The van der Waals surface area contributed by atoms with Crippen LogP contribution in [0.2, 0.25) is 0 Å². The van der Waals surface area contributed by atoms with E-state index in [4.69, 9.17) is 5.11 Å². The van der Waals surface area contributed by atoms with Crippen LogP contribution in [0.4, 0.5) is 5.95 Å². The van der Waals surface area contributed by atoms with Gasteiger partial charge in [-0.05, 0) is 19.1 Å². The number of aromatic amines is 1. The van der Waals surface area contributed by atoms with Gasteiger partial charge in [0.15, 0.2) is 0 Å². The zero-order chi connectivity index (χ0) is 13.8. The van der Waals surface area contributed by atoms with Crippen molar-refractivity contribution >= 4 is 12.2 Å². The lowest BCUT2D eigenvalue weighted by Crippen LogP contribution is -2.10. The third kappa shape index (κ3) is 3.32. The van der Waals surface area contributed by atoms with E-state index in [0.29, 0.717) is 11.3 Å². The number of nitrogens with zero attached hydrogens (tertiary/aromatic N) is 2. The van der Waals surface area contributed by atoms with Crippen LogP contribution in [-0.2, 0) is 0 Å². The summed E-state index contributed by atoms with van der Waals surface area (Å²) in [5.74, 6) is 0.0723. The van der Waals surface area contributed by atoms with Crippen LogP contribution in [-0.4, -0.2) is 26.4 Å². The number of aromatic nitrogens is 2. The van der Waals surface area contributed by atoms with Crippen molar-refractivity contribution in [2.45, 2.75) is 6.92 Å². The van der Waals surface area contributed by atoms with E-state index in [1.54, 1.807) is 6.92 Å². The fraction of sp³-hybridized carbons (Fsp3) is 0.0833. The highest BCUT2D eigenvalue weighted by molar-refractivity contribution is 5.84. The topological polar surface area (TPSA) is 111 Å². The van der Waals surface area contributed by atoms with Crippen molar-refractivity contribution in [1.29, 1.82) is 0 Å². The lowest BCUT2D eigenvalue weighted by atomic mass is 10.2. The second-order valence-corrected chi connectivity index (χ2v) is 3.85. The molecule has 0 radical (unpaired) electrons. The maximum absolute atomic E-state index is 11.2. The van der Waals surface area contributed by atoms with Gasteiger partial charge in [-0.2, -0.15) is 5.10 Å². The van der Waals surface area contributed by atoms with Crippen molar-refractivity contribution in [1.82, 2.24) is 9.97 Å². The lowest BCUT2D eigenvalue weighted by Gasteiger charge is -2.01. The number of rotatable bonds is 3. The molecule has 2 rings (SSSR count). The van der Waals surface area contributed by atoms with Gasteiger partial charge < -0.3 is 10.2 Å². The van der Waals surface area contributed by atoms with Gasteiger partial charge in [-0.1, -0.05) is 0 Å². The molecule has 1 aromatic carbocycles. The van der Waals surface area contributed by atoms with Crippen LogP contribution in [0.15, 0.2) is 34.2 Å². The predicted octanol–water partition coefficient (Wildman–Crippen LogP) is 0.936. The molecule has 1 aromatic heterocycles. The molecule has 98 valence electrons. The molecule has 4 N–H and O–H groups in total. The summed E-state index contributed by atoms with van der Waals surface area (Å²) in [5.41, 5.74) is 3.25. The van der Waals surface area contributed by atoms with Gasteiger partial charge in [-0.15, -0.1) is 0 Å². The Morgan fingerprint density at radius 1 is 1.37 bits per heavy atom. The second kappa shape index (κ2) is 5.21. The third-order valence-corrected chi connectivity index (χ3v) is 2.26. The quantitative estimate of drug-likeness (QED) is 0.485. The molecule has 0 spiro atoms. The normalized spacial score (nSPS) is 10.8. The summed E-state index contributed by atoms with van der Waals surface area (Å²) >= 11 is 0. The molecule has 0 saturated carbocycles. The van der Waals surface area contributed by atoms with Gasteiger partial charge in [-0.25, -0.2) is 10.4 Å². The van der Waals surface area contributed by atoms with Crippen molar-refractivity contribution in [3.63, 3.8) is 0 Å². The Balaban J connectivity index is 2.13. The predicted molar refractivity (Wildman–Crippen MR) is 70.6 cm³/mol. The van der Waals surface area contributed by atoms with E-state index in [1.807, 2.05) is 0 Å². The van der Waals surface area contributed by atoms with Crippen LogP contribution in [0.3, 0.4) is 0 Å². The Morgan fingerprint density at radius 3 is 2.84 bits per heavy atom. The largest absolute Gasteiger partial charge is 0.508 e. The van der Waals surface area contributed by atoms with Gasteiger partial charge in [0, 0.05) is 23.4 Å².